The fourth-order valence-corrected chi connectivity index (χ4v) is 5.39. The van der Waals surface area contributed by atoms with Gasteiger partial charge in [-0.15, -0.1) is 0 Å². The van der Waals surface area contributed by atoms with Gasteiger partial charge in [-0.2, -0.15) is 0 Å². The Bertz CT molecular complexity index is 521. The van der Waals surface area contributed by atoms with Crippen molar-refractivity contribution in [3.8, 4) is 0 Å². The van der Waals surface area contributed by atoms with Gasteiger partial charge in [-0.25, -0.2) is 0 Å². The lowest BCUT2D eigenvalue weighted by Crippen LogP contribution is -2.47. The molecule has 0 aromatic rings. The zero-order valence-electron chi connectivity index (χ0n) is 15.6. The van der Waals surface area contributed by atoms with Crippen molar-refractivity contribution in [3.05, 3.63) is 0 Å². The Morgan fingerprint density at radius 3 is 2.36 bits per heavy atom. The number of nitrogens with zero attached hydrogens (tertiary/aromatic N) is 2. The molecule has 1 N–H and O–H groups in total. The van der Waals surface area contributed by atoms with E-state index in [1.54, 1.807) is 0 Å². The summed E-state index contributed by atoms with van der Waals surface area (Å²) < 4.78 is 0. The second kappa shape index (κ2) is 6.90. The average molecular weight is 348 g/mol. The maximum absolute atomic E-state index is 12.9. The Morgan fingerprint density at radius 1 is 0.960 bits per heavy atom. The fourth-order valence-electron chi connectivity index (χ4n) is 5.39. The molecule has 2 unspecified atom stereocenters. The third-order valence-corrected chi connectivity index (χ3v) is 7.21. The standard InChI is InChI=1S/C20H33N3O2/c1-15-3-2-10-23(14-15)18(24)16-4-11-22(12-5-16)19(25)17-13-20(17)6-8-21-9-7-20/h15-17,21H,2-14H2,1H3. The number of carbonyl (C=O) groups excluding carboxylic acids is 2. The van der Waals surface area contributed by atoms with Gasteiger partial charge in [0.05, 0.1) is 0 Å². The maximum atomic E-state index is 12.9. The van der Waals surface area contributed by atoms with Crippen LogP contribution in [0.15, 0.2) is 0 Å². The zero-order valence-corrected chi connectivity index (χ0v) is 15.6. The summed E-state index contributed by atoms with van der Waals surface area (Å²) in [6, 6.07) is 0. The first-order valence-electron chi connectivity index (χ1n) is 10.4. The van der Waals surface area contributed by atoms with E-state index in [9.17, 15) is 9.59 Å². The van der Waals surface area contributed by atoms with E-state index in [1.165, 1.54) is 6.42 Å². The minimum absolute atomic E-state index is 0.140. The Kier molecular flexibility index (Phi) is 4.78. The van der Waals surface area contributed by atoms with Gasteiger partial charge in [0.15, 0.2) is 0 Å². The molecule has 3 aliphatic heterocycles. The van der Waals surface area contributed by atoms with E-state index in [0.29, 0.717) is 23.1 Å². The normalized spacial score (nSPS) is 32.7. The molecule has 140 valence electrons. The lowest BCUT2D eigenvalue weighted by atomic mass is 9.90. The Balaban J connectivity index is 1.27. The second-order valence-electron chi connectivity index (χ2n) is 9.00. The smallest absolute Gasteiger partial charge is 0.226 e. The summed E-state index contributed by atoms with van der Waals surface area (Å²) in [5, 5.41) is 3.40. The molecule has 4 fully saturated rings. The van der Waals surface area contributed by atoms with Gasteiger partial charge >= 0.3 is 0 Å². The molecule has 1 saturated carbocycles. The lowest BCUT2D eigenvalue weighted by molar-refractivity contribution is -0.142. The first-order chi connectivity index (χ1) is 12.1. The topological polar surface area (TPSA) is 52.7 Å². The van der Waals surface area contributed by atoms with E-state index in [1.807, 2.05) is 0 Å². The number of amides is 2. The molecule has 3 heterocycles. The van der Waals surface area contributed by atoms with Crippen LogP contribution in [0.25, 0.3) is 0 Å². The van der Waals surface area contributed by atoms with Crippen LogP contribution < -0.4 is 5.32 Å². The zero-order chi connectivity index (χ0) is 17.4. The molecule has 25 heavy (non-hydrogen) atoms. The maximum Gasteiger partial charge on any atom is 0.226 e. The molecule has 5 nitrogen and oxygen atoms in total. The largest absolute Gasteiger partial charge is 0.342 e. The van der Waals surface area contributed by atoms with Gasteiger partial charge in [-0.05, 0) is 69.4 Å². The lowest BCUT2D eigenvalue weighted by Gasteiger charge is -2.37. The van der Waals surface area contributed by atoms with Crippen LogP contribution in [0.3, 0.4) is 0 Å². The van der Waals surface area contributed by atoms with Gasteiger partial charge < -0.3 is 15.1 Å². The van der Waals surface area contributed by atoms with E-state index in [4.69, 9.17) is 0 Å². The highest BCUT2D eigenvalue weighted by Crippen LogP contribution is 2.59. The summed E-state index contributed by atoms with van der Waals surface area (Å²) in [7, 11) is 0. The summed E-state index contributed by atoms with van der Waals surface area (Å²) in [4.78, 5) is 29.8. The van der Waals surface area contributed by atoms with Crippen molar-refractivity contribution >= 4 is 11.8 Å². The van der Waals surface area contributed by atoms with Crippen LogP contribution in [0.5, 0.6) is 0 Å². The molecular formula is C20H33N3O2. The van der Waals surface area contributed by atoms with E-state index in [-0.39, 0.29) is 11.8 Å². The van der Waals surface area contributed by atoms with Crippen LogP contribution in [0.2, 0.25) is 0 Å². The van der Waals surface area contributed by atoms with Crippen molar-refractivity contribution in [2.75, 3.05) is 39.3 Å². The Morgan fingerprint density at radius 2 is 1.68 bits per heavy atom. The molecule has 2 amide bonds. The number of piperidine rings is 3. The molecule has 1 spiro atoms. The molecule has 3 saturated heterocycles. The molecule has 2 atom stereocenters. The van der Waals surface area contributed by atoms with Crippen LogP contribution in [-0.4, -0.2) is 60.9 Å². The van der Waals surface area contributed by atoms with Crippen molar-refractivity contribution < 1.29 is 9.59 Å². The number of nitrogens with one attached hydrogen (secondary N) is 1. The number of hydrogen-bond donors (Lipinski definition) is 1. The van der Waals surface area contributed by atoms with Crippen LogP contribution in [-0.2, 0) is 9.59 Å². The summed E-state index contributed by atoms with van der Waals surface area (Å²) in [5.41, 5.74) is 0.318. The van der Waals surface area contributed by atoms with Gasteiger partial charge in [-0.3, -0.25) is 9.59 Å². The van der Waals surface area contributed by atoms with Crippen LogP contribution in [0, 0.1) is 23.2 Å². The predicted octanol–water partition coefficient (Wildman–Crippen LogP) is 1.87. The number of likely N-dealkylation sites (tertiary alicyclic amines) is 2. The second-order valence-corrected chi connectivity index (χ2v) is 9.00. The number of hydrogen-bond acceptors (Lipinski definition) is 3. The highest BCUT2D eigenvalue weighted by atomic mass is 16.2. The molecule has 4 aliphatic rings. The van der Waals surface area contributed by atoms with Crippen LogP contribution in [0.4, 0.5) is 0 Å². The first-order valence-corrected chi connectivity index (χ1v) is 10.4. The Hall–Kier alpha value is -1.10. The van der Waals surface area contributed by atoms with Gasteiger partial charge in [-0.1, -0.05) is 6.92 Å². The molecular weight excluding hydrogens is 314 g/mol. The van der Waals surface area contributed by atoms with E-state index in [2.05, 4.69) is 22.0 Å². The number of carbonyl (C=O) groups is 2. The number of rotatable bonds is 2. The molecule has 0 bridgehead atoms. The summed E-state index contributed by atoms with van der Waals surface area (Å²) in [5.74, 6) is 1.76. The molecule has 0 aromatic heterocycles. The van der Waals surface area contributed by atoms with Crippen molar-refractivity contribution in [2.45, 2.75) is 51.9 Å². The highest BCUT2D eigenvalue weighted by molar-refractivity contribution is 5.83. The van der Waals surface area contributed by atoms with Crippen LogP contribution >= 0.6 is 0 Å². The summed E-state index contributed by atoms with van der Waals surface area (Å²) in [6.07, 6.45) is 7.51. The summed E-state index contributed by atoms with van der Waals surface area (Å²) >= 11 is 0. The van der Waals surface area contributed by atoms with Gasteiger partial charge in [0, 0.05) is 38.0 Å². The Labute approximate surface area is 151 Å². The SMILES string of the molecule is CC1CCCN(C(=O)C2CCN(C(=O)C3CC34CCNCC4)CC2)C1. The van der Waals surface area contributed by atoms with E-state index >= 15 is 0 Å². The monoisotopic (exact) mass is 347 g/mol. The molecule has 0 radical (unpaired) electrons. The summed E-state index contributed by atoms with van der Waals surface area (Å²) in [6.45, 7) is 7.79. The first kappa shape index (κ1) is 17.3. The minimum Gasteiger partial charge on any atom is -0.342 e. The highest BCUT2D eigenvalue weighted by Gasteiger charge is 2.58. The minimum atomic E-state index is 0.140. The quantitative estimate of drug-likeness (QED) is 0.830. The van der Waals surface area contributed by atoms with E-state index < -0.39 is 0 Å². The molecule has 5 heteroatoms. The molecule has 0 aromatic carbocycles. The van der Waals surface area contributed by atoms with Crippen LogP contribution in [0.1, 0.15) is 51.9 Å². The fraction of sp³-hybridized carbons (Fsp3) is 0.900. The van der Waals surface area contributed by atoms with Gasteiger partial charge in [0.2, 0.25) is 11.8 Å². The third-order valence-electron chi connectivity index (χ3n) is 7.21. The van der Waals surface area contributed by atoms with Gasteiger partial charge in [0.25, 0.3) is 0 Å². The average Bonchev–Trinajstić information content (AvgIpc) is 3.34. The third kappa shape index (κ3) is 3.44. The molecule has 4 rings (SSSR count). The van der Waals surface area contributed by atoms with Crippen molar-refractivity contribution in [2.24, 2.45) is 23.2 Å². The van der Waals surface area contributed by atoms with Crippen molar-refractivity contribution in [3.63, 3.8) is 0 Å². The van der Waals surface area contributed by atoms with Crippen molar-refractivity contribution in [1.82, 2.24) is 15.1 Å². The van der Waals surface area contributed by atoms with Gasteiger partial charge in [0.1, 0.15) is 0 Å². The van der Waals surface area contributed by atoms with Crippen molar-refractivity contribution in [1.29, 1.82) is 0 Å². The van der Waals surface area contributed by atoms with E-state index in [0.717, 1.165) is 77.8 Å². The molecule has 1 aliphatic carbocycles. The predicted molar refractivity (Wildman–Crippen MR) is 96.9 cm³/mol.